The van der Waals surface area contributed by atoms with Gasteiger partial charge in [-0.05, 0) is 67.9 Å². The molecule has 2 aliphatic carbocycles. The van der Waals surface area contributed by atoms with Crippen molar-refractivity contribution in [1.29, 1.82) is 0 Å². The third-order valence-electron chi connectivity index (χ3n) is 9.17. The van der Waals surface area contributed by atoms with Crippen LogP contribution in [0.1, 0.15) is 45.5 Å². The van der Waals surface area contributed by atoms with Crippen molar-refractivity contribution >= 4 is 51.8 Å². The van der Waals surface area contributed by atoms with E-state index in [0.717, 1.165) is 19.3 Å². The summed E-state index contributed by atoms with van der Waals surface area (Å²) >= 11 is 6.40. The molecule has 210 valence electrons. The first-order chi connectivity index (χ1) is 20.3. The van der Waals surface area contributed by atoms with Gasteiger partial charge in [-0.15, -0.1) is 0 Å². The van der Waals surface area contributed by atoms with Crippen LogP contribution in [0.2, 0.25) is 5.02 Å². The van der Waals surface area contributed by atoms with Gasteiger partial charge in [0.05, 0.1) is 34.3 Å². The molecule has 4 atom stereocenters. The van der Waals surface area contributed by atoms with Crippen molar-refractivity contribution in [2.45, 2.75) is 26.2 Å². The van der Waals surface area contributed by atoms with Gasteiger partial charge in [-0.25, -0.2) is 9.78 Å². The van der Waals surface area contributed by atoms with Crippen molar-refractivity contribution < 1.29 is 23.9 Å². The number of esters is 1. The maximum absolute atomic E-state index is 13.3. The zero-order valence-electron chi connectivity index (χ0n) is 22.9. The lowest BCUT2D eigenvalue weighted by molar-refractivity contribution is -0.123. The Morgan fingerprint density at radius 3 is 2.26 bits per heavy atom. The average Bonchev–Trinajstić information content (AvgIpc) is 3.71. The van der Waals surface area contributed by atoms with E-state index in [2.05, 4.69) is 0 Å². The molecule has 1 aromatic heterocycles. The number of benzene rings is 3. The minimum absolute atomic E-state index is 0.0888. The predicted octanol–water partition coefficient (Wildman–Crippen LogP) is 6.44. The zero-order chi connectivity index (χ0) is 29.1. The van der Waals surface area contributed by atoms with E-state index < -0.39 is 12.6 Å². The van der Waals surface area contributed by atoms with Crippen LogP contribution in [0.25, 0.3) is 22.2 Å². The zero-order valence-corrected chi connectivity index (χ0v) is 23.6. The highest BCUT2D eigenvalue weighted by molar-refractivity contribution is 6.32. The van der Waals surface area contributed by atoms with Gasteiger partial charge in [0, 0.05) is 21.5 Å². The van der Waals surface area contributed by atoms with Gasteiger partial charge in [-0.2, -0.15) is 0 Å². The molecule has 3 aromatic carbocycles. The molecule has 1 aliphatic heterocycles. The third-order valence-corrected chi connectivity index (χ3v) is 9.58. The second-order valence-corrected chi connectivity index (χ2v) is 11.8. The van der Waals surface area contributed by atoms with E-state index in [-0.39, 0.29) is 35.0 Å². The summed E-state index contributed by atoms with van der Waals surface area (Å²) in [7, 11) is 0. The molecule has 4 unspecified atom stereocenters. The van der Waals surface area contributed by atoms with Crippen molar-refractivity contribution in [2.75, 3.05) is 11.5 Å². The number of Topliss-reactive ketones (excluding diaryl/α,β-unsaturated/α-hetero) is 1. The van der Waals surface area contributed by atoms with Gasteiger partial charge >= 0.3 is 5.97 Å². The number of pyridine rings is 1. The second kappa shape index (κ2) is 10.2. The monoisotopic (exact) mass is 578 g/mol. The Balaban J connectivity index is 1.20. The van der Waals surface area contributed by atoms with Gasteiger partial charge in [0.2, 0.25) is 11.8 Å². The normalized spacial score (nSPS) is 22.6. The molecular weight excluding hydrogens is 552 g/mol. The Bertz CT molecular complexity index is 1760. The van der Waals surface area contributed by atoms with Gasteiger partial charge in [0.15, 0.2) is 12.4 Å². The van der Waals surface area contributed by atoms with E-state index in [0.29, 0.717) is 55.8 Å². The highest BCUT2D eigenvalue weighted by Crippen LogP contribution is 2.56. The molecule has 1 saturated heterocycles. The largest absolute Gasteiger partial charge is 0.454 e. The van der Waals surface area contributed by atoms with Crippen LogP contribution in [0.4, 0.5) is 5.69 Å². The fraction of sp³-hybridized carbons (Fsp3) is 0.265. The standard InChI is InChI=1S/C34H27ClN2O5/c1-18-26(35)14-13-24-25(34(41)42-17-28(38)20-5-3-2-4-6-20)16-27(36-31(18)24)19-9-11-23(12-10-19)37-32(39)29-21-7-8-22(15-21)30(29)33(37)40/h2-6,9-14,16,21-22,29-30H,7-8,15,17H2,1H3. The van der Waals surface area contributed by atoms with E-state index in [4.69, 9.17) is 21.3 Å². The SMILES string of the molecule is Cc1c(Cl)ccc2c(C(=O)OCC(=O)c3ccccc3)cc(-c3ccc(N4C(=O)C5C6CCC(C6)C5C4=O)cc3)nc12. The Morgan fingerprint density at radius 2 is 1.60 bits per heavy atom. The molecule has 2 saturated carbocycles. The minimum atomic E-state index is -0.652. The molecule has 0 spiro atoms. The van der Waals surface area contributed by atoms with Crippen molar-refractivity contribution in [3.63, 3.8) is 0 Å². The number of ether oxygens (including phenoxy) is 1. The number of anilines is 1. The topological polar surface area (TPSA) is 93.6 Å². The summed E-state index contributed by atoms with van der Waals surface area (Å²) in [5.74, 6) is -0.872. The number of rotatable bonds is 6. The second-order valence-electron chi connectivity index (χ2n) is 11.4. The minimum Gasteiger partial charge on any atom is -0.454 e. The molecule has 0 radical (unpaired) electrons. The molecule has 8 heteroatoms. The summed E-state index contributed by atoms with van der Waals surface area (Å²) in [5.41, 5.74) is 3.69. The summed E-state index contributed by atoms with van der Waals surface area (Å²) in [4.78, 5) is 58.6. The van der Waals surface area contributed by atoms with E-state index in [1.807, 2.05) is 13.0 Å². The maximum atomic E-state index is 13.3. The summed E-state index contributed by atoms with van der Waals surface area (Å²) in [5, 5.41) is 1.07. The molecule has 2 bridgehead atoms. The van der Waals surface area contributed by atoms with Gasteiger partial charge < -0.3 is 4.74 Å². The lowest BCUT2D eigenvalue weighted by Crippen LogP contribution is -2.32. The number of amides is 2. The molecule has 3 fully saturated rings. The lowest BCUT2D eigenvalue weighted by Gasteiger charge is -2.19. The summed E-state index contributed by atoms with van der Waals surface area (Å²) in [6, 6.07) is 20.8. The number of aromatic nitrogens is 1. The molecule has 2 heterocycles. The Kier molecular flexibility index (Phi) is 6.43. The average molecular weight is 579 g/mol. The Hall–Kier alpha value is -4.36. The van der Waals surface area contributed by atoms with Gasteiger partial charge in [0.25, 0.3) is 0 Å². The number of ketones is 1. The van der Waals surface area contributed by atoms with E-state index >= 15 is 0 Å². The van der Waals surface area contributed by atoms with Crippen LogP contribution < -0.4 is 4.90 Å². The van der Waals surface area contributed by atoms with Crippen molar-refractivity contribution in [3.8, 4) is 11.3 Å². The molecule has 7 nitrogen and oxygen atoms in total. The maximum Gasteiger partial charge on any atom is 0.339 e. The van der Waals surface area contributed by atoms with Crippen molar-refractivity contribution in [1.82, 2.24) is 4.98 Å². The van der Waals surface area contributed by atoms with Crippen LogP contribution in [-0.4, -0.2) is 35.2 Å². The molecule has 3 aliphatic rings. The third kappa shape index (κ3) is 4.22. The number of carbonyl (C=O) groups excluding carboxylic acids is 4. The first-order valence-corrected chi connectivity index (χ1v) is 14.5. The van der Waals surface area contributed by atoms with Crippen molar-refractivity contribution in [3.05, 3.63) is 94.5 Å². The number of aryl methyl sites for hydroxylation is 1. The molecule has 7 rings (SSSR count). The van der Waals surface area contributed by atoms with Crippen molar-refractivity contribution in [2.24, 2.45) is 23.7 Å². The number of halogens is 1. The number of fused-ring (bicyclic) bond motifs is 6. The first kappa shape index (κ1) is 26.5. The van der Waals surface area contributed by atoms with Crippen LogP contribution in [0.5, 0.6) is 0 Å². The van der Waals surface area contributed by atoms with Crippen LogP contribution in [0.15, 0.2) is 72.8 Å². The number of nitrogens with zero attached hydrogens (tertiary/aromatic N) is 2. The van der Waals surface area contributed by atoms with Gasteiger partial charge in [0.1, 0.15) is 0 Å². The summed E-state index contributed by atoms with van der Waals surface area (Å²) in [6.45, 7) is 1.43. The first-order valence-electron chi connectivity index (χ1n) is 14.2. The van der Waals surface area contributed by atoms with Crippen LogP contribution in [0.3, 0.4) is 0 Å². The number of hydrogen-bond acceptors (Lipinski definition) is 6. The van der Waals surface area contributed by atoms with Gasteiger partial charge in [-0.1, -0.05) is 60.1 Å². The fourth-order valence-electron chi connectivity index (χ4n) is 7.08. The highest BCUT2D eigenvalue weighted by Gasteiger charge is 2.61. The molecule has 42 heavy (non-hydrogen) atoms. The van der Waals surface area contributed by atoms with Crippen LogP contribution in [0, 0.1) is 30.6 Å². The highest BCUT2D eigenvalue weighted by atomic mass is 35.5. The molecule has 0 N–H and O–H groups in total. The predicted molar refractivity (Wildman–Crippen MR) is 158 cm³/mol. The quantitative estimate of drug-likeness (QED) is 0.148. The molecular formula is C34H27ClN2O5. The molecule has 2 amide bonds. The summed E-state index contributed by atoms with van der Waals surface area (Å²) < 4.78 is 5.45. The van der Waals surface area contributed by atoms with E-state index in [1.54, 1.807) is 66.7 Å². The summed E-state index contributed by atoms with van der Waals surface area (Å²) in [6.07, 6.45) is 3.04. The lowest BCUT2D eigenvalue weighted by atomic mass is 9.81. The van der Waals surface area contributed by atoms with E-state index in [1.165, 1.54) is 4.90 Å². The number of hydrogen-bond donors (Lipinski definition) is 0. The van der Waals surface area contributed by atoms with E-state index in [9.17, 15) is 19.2 Å². The van der Waals surface area contributed by atoms with Crippen LogP contribution >= 0.6 is 11.6 Å². The van der Waals surface area contributed by atoms with Gasteiger partial charge in [-0.3, -0.25) is 19.3 Å². The van der Waals surface area contributed by atoms with Crippen LogP contribution in [-0.2, 0) is 14.3 Å². The molecule has 4 aromatic rings. The Labute approximate surface area is 247 Å². The number of imide groups is 1. The smallest absolute Gasteiger partial charge is 0.339 e. The Morgan fingerprint density at radius 1 is 0.929 bits per heavy atom. The number of carbonyl (C=O) groups is 4. The fourth-order valence-corrected chi connectivity index (χ4v) is 7.23.